The van der Waals surface area contributed by atoms with Crippen LogP contribution >= 0.6 is 11.3 Å². The molecular formula is C18H15N7OS. The number of nitrogens with one attached hydrogen (secondary N) is 1. The van der Waals surface area contributed by atoms with E-state index < -0.39 is 0 Å². The maximum Gasteiger partial charge on any atom is 0.230 e. The Balaban J connectivity index is 1.43. The number of aryl methyl sites for hydroxylation is 1. The van der Waals surface area contributed by atoms with Crippen molar-refractivity contribution in [2.45, 2.75) is 13.3 Å². The van der Waals surface area contributed by atoms with Crippen LogP contribution in [0.15, 0.2) is 54.4 Å². The Bertz CT molecular complexity index is 1060. The number of hydrogen-bond acceptors (Lipinski definition) is 7. The predicted molar refractivity (Wildman–Crippen MR) is 102 cm³/mol. The standard InChI is InChI=1S/C18H15N7OS/c1-12-7-14(4-5-16(12)25-11-20-23-24-25)21-17(26)8-15-10-27-18(22-15)13-3-2-6-19-9-13/h2-7,9-11H,8H2,1H3,(H,21,26). The molecule has 0 aliphatic rings. The molecule has 0 saturated heterocycles. The zero-order chi connectivity index (χ0) is 18.6. The summed E-state index contributed by atoms with van der Waals surface area (Å²) in [6.45, 7) is 1.94. The maximum absolute atomic E-state index is 12.4. The molecule has 8 nitrogen and oxygen atoms in total. The predicted octanol–water partition coefficient (Wildman–Crippen LogP) is 2.67. The van der Waals surface area contributed by atoms with E-state index in [4.69, 9.17) is 0 Å². The Morgan fingerprint density at radius 3 is 2.96 bits per heavy atom. The fraction of sp³-hybridized carbons (Fsp3) is 0.111. The number of amides is 1. The van der Waals surface area contributed by atoms with Gasteiger partial charge in [-0.1, -0.05) is 0 Å². The SMILES string of the molecule is Cc1cc(NC(=O)Cc2csc(-c3cccnc3)n2)ccc1-n1cnnn1. The van der Waals surface area contributed by atoms with E-state index in [-0.39, 0.29) is 12.3 Å². The molecule has 0 saturated carbocycles. The molecular weight excluding hydrogens is 362 g/mol. The van der Waals surface area contributed by atoms with Gasteiger partial charge in [-0.25, -0.2) is 9.67 Å². The molecule has 0 aliphatic carbocycles. The van der Waals surface area contributed by atoms with E-state index in [2.05, 4.69) is 30.8 Å². The second-order valence-electron chi connectivity index (χ2n) is 5.87. The van der Waals surface area contributed by atoms with Crippen LogP contribution in [0.1, 0.15) is 11.3 Å². The van der Waals surface area contributed by atoms with Gasteiger partial charge in [-0.15, -0.1) is 16.4 Å². The van der Waals surface area contributed by atoms with Gasteiger partial charge in [0.25, 0.3) is 0 Å². The number of pyridine rings is 1. The Labute approximate surface area is 158 Å². The van der Waals surface area contributed by atoms with Gasteiger partial charge in [-0.05, 0) is 53.2 Å². The monoisotopic (exact) mass is 377 g/mol. The summed E-state index contributed by atoms with van der Waals surface area (Å²) in [5, 5.41) is 16.8. The number of anilines is 1. The van der Waals surface area contributed by atoms with Crippen molar-refractivity contribution >= 4 is 22.9 Å². The lowest BCUT2D eigenvalue weighted by molar-refractivity contribution is -0.115. The Hall–Kier alpha value is -3.46. The van der Waals surface area contributed by atoms with E-state index in [1.165, 1.54) is 17.7 Å². The minimum Gasteiger partial charge on any atom is -0.326 e. The van der Waals surface area contributed by atoms with Crippen LogP contribution in [-0.2, 0) is 11.2 Å². The molecule has 4 aromatic rings. The highest BCUT2D eigenvalue weighted by Gasteiger charge is 2.11. The van der Waals surface area contributed by atoms with Crippen molar-refractivity contribution in [3.63, 3.8) is 0 Å². The summed E-state index contributed by atoms with van der Waals surface area (Å²) in [5.74, 6) is -0.118. The van der Waals surface area contributed by atoms with E-state index in [9.17, 15) is 4.79 Å². The summed E-state index contributed by atoms with van der Waals surface area (Å²) < 4.78 is 1.58. The largest absolute Gasteiger partial charge is 0.326 e. The van der Waals surface area contributed by atoms with E-state index in [0.29, 0.717) is 0 Å². The second kappa shape index (κ2) is 7.42. The van der Waals surface area contributed by atoms with E-state index in [1.54, 1.807) is 17.1 Å². The van der Waals surface area contributed by atoms with E-state index >= 15 is 0 Å². The summed E-state index contributed by atoms with van der Waals surface area (Å²) >= 11 is 1.50. The third-order valence-corrected chi connectivity index (χ3v) is 4.82. The number of benzene rings is 1. The smallest absolute Gasteiger partial charge is 0.230 e. The first-order valence-electron chi connectivity index (χ1n) is 8.18. The summed E-state index contributed by atoms with van der Waals surface area (Å²) in [7, 11) is 0. The van der Waals surface area contributed by atoms with Crippen molar-refractivity contribution in [3.8, 4) is 16.3 Å². The Morgan fingerprint density at radius 2 is 2.22 bits per heavy atom. The first-order chi connectivity index (χ1) is 13.2. The lowest BCUT2D eigenvalue weighted by Gasteiger charge is -2.08. The molecule has 27 heavy (non-hydrogen) atoms. The van der Waals surface area contributed by atoms with Gasteiger partial charge in [-0.3, -0.25) is 9.78 Å². The average molecular weight is 377 g/mol. The number of carbonyl (C=O) groups is 1. The molecule has 0 spiro atoms. The van der Waals surface area contributed by atoms with Crippen LogP contribution in [0.4, 0.5) is 5.69 Å². The second-order valence-corrected chi connectivity index (χ2v) is 6.72. The minimum absolute atomic E-state index is 0.118. The molecule has 0 fully saturated rings. The van der Waals surface area contributed by atoms with Crippen molar-refractivity contribution in [2.75, 3.05) is 5.32 Å². The lowest BCUT2D eigenvalue weighted by atomic mass is 10.1. The van der Waals surface area contributed by atoms with Gasteiger partial charge in [0, 0.05) is 29.0 Å². The zero-order valence-corrected chi connectivity index (χ0v) is 15.2. The molecule has 3 aromatic heterocycles. The molecule has 0 radical (unpaired) electrons. The zero-order valence-electron chi connectivity index (χ0n) is 14.4. The number of tetrazole rings is 1. The lowest BCUT2D eigenvalue weighted by Crippen LogP contribution is -2.15. The number of hydrogen-bond donors (Lipinski definition) is 1. The number of aromatic nitrogens is 6. The molecule has 0 bridgehead atoms. The normalized spacial score (nSPS) is 10.7. The molecule has 1 aromatic carbocycles. The summed E-state index contributed by atoms with van der Waals surface area (Å²) in [4.78, 5) is 21.0. The van der Waals surface area contributed by atoms with Crippen molar-refractivity contribution < 1.29 is 4.79 Å². The quantitative estimate of drug-likeness (QED) is 0.574. The summed E-state index contributed by atoms with van der Waals surface area (Å²) in [5.41, 5.74) is 4.21. The third-order valence-electron chi connectivity index (χ3n) is 3.88. The Kier molecular flexibility index (Phi) is 4.67. The van der Waals surface area contributed by atoms with Crippen LogP contribution in [0.3, 0.4) is 0 Å². The van der Waals surface area contributed by atoms with Crippen LogP contribution in [0.25, 0.3) is 16.3 Å². The van der Waals surface area contributed by atoms with Crippen molar-refractivity contribution in [2.24, 2.45) is 0 Å². The van der Waals surface area contributed by atoms with Crippen molar-refractivity contribution in [3.05, 3.63) is 65.7 Å². The molecule has 134 valence electrons. The first kappa shape index (κ1) is 17.0. The van der Waals surface area contributed by atoms with E-state index in [1.807, 2.05) is 42.6 Å². The molecule has 3 heterocycles. The first-order valence-corrected chi connectivity index (χ1v) is 9.06. The molecule has 1 amide bonds. The van der Waals surface area contributed by atoms with Crippen molar-refractivity contribution in [1.29, 1.82) is 0 Å². The van der Waals surface area contributed by atoms with Crippen molar-refractivity contribution in [1.82, 2.24) is 30.2 Å². The number of nitrogens with zero attached hydrogens (tertiary/aromatic N) is 6. The highest BCUT2D eigenvalue weighted by atomic mass is 32.1. The van der Waals surface area contributed by atoms with Gasteiger partial charge >= 0.3 is 0 Å². The summed E-state index contributed by atoms with van der Waals surface area (Å²) in [6.07, 6.45) is 5.23. The van der Waals surface area contributed by atoms with Gasteiger partial charge < -0.3 is 5.32 Å². The average Bonchev–Trinajstić information content (AvgIpc) is 3.35. The molecule has 0 aliphatic heterocycles. The number of carbonyl (C=O) groups excluding carboxylic acids is 1. The van der Waals surface area contributed by atoms with Gasteiger partial charge in [0.05, 0.1) is 17.8 Å². The van der Waals surface area contributed by atoms with E-state index in [0.717, 1.165) is 33.2 Å². The molecule has 0 unspecified atom stereocenters. The molecule has 9 heteroatoms. The molecule has 4 rings (SSSR count). The van der Waals surface area contributed by atoms with Gasteiger partial charge in [0.15, 0.2) is 0 Å². The number of thiazole rings is 1. The van der Waals surface area contributed by atoms with Crippen LogP contribution < -0.4 is 5.32 Å². The molecule has 1 N–H and O–H groups in total. The fourth-order valence-electron chi connectivity index (χ4n) is 2.64. The van der Waals surface area contributed by atoms with Crippen LogP contribution in [0, 0.1) is 6.92 Å². The number of rotatable bonds is 5. The Morgan fingerprint density at radius 1 is 1.30 bits per heavy atom. The highest BCUT2D eigenvalue weighted by Crippen LogP contribution is 2.23. The van der Waals surface area contributed by atoms with Gasteiger partial charge in [-0.2, -0.15) is 0 Å². The van der Waals surface area contributed by atoms with Crippen LogP contribution in [0.5, 0.6) is 0 Å². The molecule has 0 atom stereocenters. The third kappa shape index (κ3) is 3.87. The van der Waals surface area contributed by atoms with Gasteiger partial charge in [0.2, 0.25) is 5.91 Å². The minimum atomic E-state index is -0.118. The maximum atomic E-state index is 12.4. The van der Waals surface area contributed by atoms with Gasteiger partial charge in [0.1, 0.15) is 11.3 Å². The fourth-order valence-corrected chi connectivity index (χ4v) is 3.45. The summed E-state index contributed by atoms with van der Waals surface area (Å²) in [6, 6.07) is 9.39. The van der Waals surface area contributed by atoms with Crippen LogP contribution in [0.2, 0.25) is 0 Å². The highest BCUT2D eigenvalue weighted by molar-refractivity contribution is 7.13. The topological polar surface area (TPSA) is 98.5 Å². The van der Waals surface area contributed by atoms with Crippen LogP contribution in [-0.4, -0.2) is 36.1 Å².